The molecule has 0 unspecified atom stereocenters. The first-order valence-electron chi connectivity index (χ1n) is 9.47. The number of thiazole rings is 1. The van der Waals surface area contributed by atoms with Crippen LogP contribution in [0.3, 0.4) is 0 Å². The first-order chi connectivity index (χ1) is 14.5. The lowest BCUT2D eigenvalue weighted by Crippen LogP contribution is -2.41. The van der Waals surface area contributed by atoms with Gasteiger partial charge in [-0.15, -0.1) is 11.3 Å². The smallest absolute Gasteiger partial charge is 0.282 e. The maximum Gasteiger partial charge on any atom is 0.282 e. The molecule has 0 aliphatic heterocycles. The Morgan fingerprint density at radius 2 is 1.77 bits per heavy atom. The van der Waals surface area contributed by atoms with E-state index < -0.39 is 11.8 Å². The van der Waals surface area contributed by atoms with Crippen LogP contribution in [0.1, 0.15) is 38.4 Å². The first kappa shape index (κ1) is 21.3. The molecule has 3 aromatic rings. The molecule has 2 amide bonds. The number of nitrogens with one attached hydrogen (secondary N) is 2. The van der Waals surface area contributed by atoms with Gasteiger partial charge >= 0.3 is 0 Å². The molecule has 0 radical (unpaired) electrons. The number of ether oxygens (including phenoxy) is 2. The summed E-state index contributed by atoms with van der Waals surface area (Å²) in [5.74, 6) is 0.119. The van der Waals surface area contributed by atoms with Crippen LogP contribution >= 0.6 is 11.3 Å². The van der Waals surface area contributed by atoms with Gasteiger partial charge in [0.25, 0.3) is 11.8 Å². The number of hydrazine groups is 1. The van der Waals surface area contributed by atoms with Crippen molar-refractivity contribution in [1.29, 1.82) is 0 Å². The zero-order valence-corrected chi connectivity index (χ0v) is 17.8. The number of hydrogen-bond acceptors (Lipinski definition) is 6. The number of amides is 2. The third kappa shape index (κ3) is 4.96. The fraction of sp³-hybridized carbons (Fsp3) is 0.227. The molecule has 0 spiro atoms. The van der Waals surface area contributed by atoms with Crippen molar-refractivity contribution >= 4 is 23.2 Å². The van der Waals surface area contributed by atoms with E-state index in [1.807, 2.05) is 44.2 Å². The molecule has 0 saturated heterocycles. The molecule has 30 heavy (non-hydrogen) atoms. The minimum absolute atomic E-state index is 0.333. The second-order valence-electron chi connectivity index (χ2n) is 6.40. The van der Waals surface area contributed by atoms with Gasteiger partial charge in [-0.2, -0.15) is 0 Å². The molecule has 156 valence electrons. The Balaban J connectivity index is 1.70. The molecule has 0 atom stereocenters. The number of benzene rings is 2. The Morgan fingerprint density at radius 1 is 1.03 bits per heavy atom. The van der Waals surface area contributed by atoms with Gasteiger partial charge in [0.05, 0.1) is 24.4 Å². The molecular formula is C22H23N3O4S. The van der Waals surface area contributed by atoms with Gasteiger partial charge in [0.1, 0.15) is 4.88 Å². The molecule has 1 aromatic heterocycles. The Hall–Kier alpha value is -3.39. The van der Waals surface area contributed by atoms with Crippen LogP contribution in [0.4, 0.5) is 0 Å². The number of methoxy groups -OCH3 is 1. The van der Waals surface area contributed by atoms with Gasteiger partial charge in [-0.3, -0.25) is 20.4 Å². The van der Waals surface area contributed by atoms with E-state index in [0.29, 0.717) is 34.2 Å². The highest BCUT2D eigenvalue weighted by molar-refractivity contribution is 7.14. The van der Waals surface area contributed by atoms with Crippen molar-refractivity contribution in [1.82, 2.24) is 15.8 Å². The second kappa shape index (κ2) is 9.89. The van der Waals surface area contributed by atoms with Crippen LogP contribution in [0.25, 0.3) is 11.3 Å². The van der Waals surface area contributed by atoms with Crippen molar-refractivity contribution in [3.05, 3.63) is 64.0 Å². The average molecular weight is 426 g/mol. The summed E-state index contributed by atoms with van der Waals surface area (Å²) in [4.78, 5) is 30.1. The molecule has 3 rings (SSSR count). The SMILES string of the molecule is CCCOc1ccc(C(=O)NNC(=O)c2sc(C)nc2-c2ccccc2)cc1OC. The van der Waals surface area contributed by atoms with E-state index in [-0.39, 0.29) is 0 Å². The molecule has 0 saturated carbocycles. The first-order valence-corrected chi connectivity index (χ1v) is 10.3. The molecular weight excluding hydrogens is 402 g/mol. The normalized spacial score (nSPS) is 10.4. The van der Waals surface area contributed by atoms with E-state index in [4.69, 9.17) is 9.47 Å². The number of rotatable bonds is 7. The summed E-state index contributed by atoms with van der Waals surface area (Å²) in [5, 5.41) is 0.762. The molecule has 7 nitrogen and oxygen atoms in total. The van der Waals surface area contributed by atoms with Crippen molar-refractivity contribution in [2.45, 2.75) is 20.3 Å². The molecule has 0 aliphatic rings. The predicted octanol–water partition coefficient (Wildman–Crippen LogP) is 3.99. The number of nitrogens with zero attached hydrogens (tertiary/aromatic N) is 1. The maximum absolute atomic E-state index is 12.7. The van der Waals surface area contributed by atoms with E-state index in [9.17, 15) is 9.59 Å². The molecule has 2 aromatic carbocycles. The van der Waals surface area contributed by atoms with E-state index in [0.717, 1.165) is 17.0 Å². The zero-order valence-electron chi connectivity index (χ0n) is 17.0. The zero-order chi connectivity index (χ0) is 21.5. The van der Waals surface area contributed by atoms with Gasteiger partial charge in [0.15, 0.2) is 11.5 Å². The summed E-state index contributed by atoms with van der Waals surface area (Å²) in [6.07, 6.45) is 0.861. The molecule has 0 bridgehead atoms. The molecule has 0 aliphatic carbocycles. The molecule has 2 N–H and O–H groups in total. The van der Waals surface area contributed by atoms with Crippen molar-refractivity contribution in [3.8, 4) is 22.8 Å². The summed E-state index contributed by atoms with van der Waals surface area (Å²) < 4.78 is 10.9. The quantitative estimate of drug-likeness (QED) is 0.559. The van der Waals surface area contributed by atoms with Gasteiger partial charge in [0.2, 0.25) is 0 Å². The Kier molecular flexibility index (Phi) is 7.03. The van der Waals surface area contributed by atoms with Crippen molar-refractivity contribution in [2.75, 3.05) is 13.7 Å². The van der Waals surface area contributed by atoms with Crippen molar-refractivity contribution in [3.63, 3.8) is 0 Å². The topological polar surface area (TPSA) is 89.6 Å². The fourth-order valence-corrected chi connectivity index (χ4v) is 3.59. The highest BCUT2D eigenvalue weighted by Gasteiger charge is 2.19. The minimum Gasteiger partial charge on any atom is -0.493 e. The predicted molar refractivity (Wildman–Crippen MR) is 116 cm³/mol. The van der Waals surface area contributed by atoms with Gasteiger partial charge in [0, 0.05) is 11.1 Å². The van der Waals surface area contributed by atoms with Gasteiger partial charge in [-0.1, -0.05) is 37.3 Å². The lowest BCUT2D eigenvalue weighted by Gasteiger charge is -2.12. The van der Waals surface area contributed by atoms with Gasteiger partial charge in [-0.05, 0) is 31.5 Å². The lowest BCUT2D eigenvalue weighted by molar-refractivity contribution is 0.0849. The summed E-state index contributed by atoms with van der Waals surface area (Å²) in [6.45, 7) is 4.39. The summed E-state index contributed by atoms with van der Waals surface area (Å²) >= 11 is 1.27. The van der Waals surface area contributed by atoms with Crippen molar-refractivity contribution < 1.29 is 19.1 Å². The van der Waals surface area contributed by atoms with Crippen LogP contribution in [0.2, 0.25) is 0 Å². The van der Waals surface area contributed by atoms with Gasteiger partial charge in [-0.25, -0.2) is 4.98 Å². The Labute approximate surface area is 179 Å². The largest absolute Gasteiger partial charge is 0.493 e. The standard InChI is InChI=1S/C22H23N3O4S/c1-4-12-29-17-11-10-16(13-18(17)28-3)21(26)24-25-22(27)20-19(23-14(2)30-20)15-8-6-5-7-9-15/h5-11,13H,4,12H2,1-3H3,(H,24,26)(H,25,27). The monoisotopic (exact) mass is 425 g/mol. The highest BCUT2D eigenvalue weighted by atomic mass is 32.1. The Morgan fingerprint density at radius 3 is 2.47 bits per heavy atom. The van der Waals surface area contributed by atoms with Crippen LogP contribution in [-0.4, -0.2) is 30.5 Å². The second-order valence-corrected chi connectivity index (χ2v) is 7.60. The number of aryl methyl sites for hydroxylation is 1. The third-order valence-corrected chi connectivity index (χ3v) is 5.13. The van der Waals surface area contributed by atoms with Crippen LogP contribution in [-0.2, 0) is 0 Å². The van der Waals surface area contributed by atoms with Gasteiger partial charge < -0.3 is 9.47 Å². The maximum atomic E-state index is 12.7. The van der Waals surface area contributed by atoms with Crippen LogP contribution in [0.15, 0.2) is 48.5 Å². The summed E-state index contributed by atoms with van der Waals surface area (Å²) in [6, 6.07) is 14.3. The molecule has 0 fully saturated rings. The number of aromatic nitrogens is 1. The summed E-state index contributed by atoms with van der Waals surface area (Å²) in [5.41, 5.74) is 6.67. The van der Waals surface area contributed by atoms with E-state index >= 15 is 0 Å². The van der Waals surface area contributed by atoms with Crippen LogP contribution < -0.4 is 20.3 Å². The molecule has 1 heterocycles. The number of hydrogen-bond donors (Lipinski definition) is 2. The Bertz CT molecular complexity index is 1030. The van der Waals surface area contributed by atoms with Crippen LogP contribution in [0.5, 0.6) is 11.5 Å². The fourth-order valence-electron chi connectivity index (χ4n) is 2.76. The van der Waals surface area contributed by atoms with Crippen molar-refractivity contribution in [2.24, 2.45) is 0 Å². The summed E-state index contributed by atoms with van der Waals surface area (Å²) in [7, 11) is 1.51. The lowest BCUT2D eigenvalue weighted by atomic mass is 10.1. The highest BCUT2D eigenvalue weighted by Crippen LogP contribution is 2.29. The number of carbonyl (C=O) groups excluding carboxylic acids is 2. The third-order valence-electron chi connectivity index (χ3n) is 4.16. The van der Waals surface area contributed by atoms with E-state index in [1.165, 1.54) is 18.4 Å². The van der Waals surface area contributed by atoms with E-state index in [2.05, 4.69) is 15.8 Å². The minimum atomic E-state index is -0.466. The molecule has 8 heteroatoms. The average Bonchev–Trinajstić information content (AvgIpc) is 3.18. The van der Waals surface area contributed by atoms with E-state index in [1.54, 1.807) is 18.2 Å². The number of carbonyl (C=O) groups is 2. The van der Waals surface area contributed by atoms with Crippen LogP contribution in [0, 0.1) is 6.92 Å².